The molecule has 3 nitrogen and oxygen atoms in total. The van der Waals surface area contributed by atoms with E-state index in [0.717, 1.165) is 5.56 Å². The van der Waals surface area contributed by atoms with Crippen molar-refractivity contribution < 1.29 is 4.79 Å². The van der Waals surface area contributed by atoms with Crippen molar-refractivity contribution in [3.8, 4) is 0 Å². The smallest absolute Gasteiger partial charge is 0.255 e. The van der Waals surface area contributed by atoms with Gasteiger partial charge in [-0.05, 0) is 36.8 Å². The number of nitrogen functional groups attached to an aromatic ring is 1. The van der Waals surface area contributed by atoms with Crippen LogP contribution >= 0.6 is 23.2 Å². The minimum absolute atomic E-state index is 0.177. The molecule has 0 aliphatic carbocycles. The molecule has 1 atom stereocenters. The molecule has 0 fully saturated rings. The third-order valence-corrected chi connectivity index (χ3v) is 4.15. The highest BCUT2D eigenvalue weighted by Crippen LogP contribution is 2.29. The quantitative estimate of drug-likeness (QED) is 0.851. The Bertz CT molecular complexity index is 673. The molecule has 21 heavy (non-hydrogen) atoms. The van der Waals surface area contributed by atoms with Crippen LogP contribution in [0.1, 0.15) is 28.9 Å². The fourth-order valence-electron chi connectivity index (χ4n) is 2.10. The molecular formula is C16H16Cl2N2O. The lowest BCUT2D eigenvalue weighted by Crippen LogP contribution is -2.30. The summed E-state index contributed by atoms with van der Waals surface area (Å²) >= 11 is 12.3. The minimum Gasteiger partial charge on any atom is -0.399 e. The average molecular weight is 323 g/mol. The van der Waals surface area contributed by atoms with Gasteiger partial charge in [0.25, 0.3) is 5.91 Å². The van der Waals surface area contributed by atoms with Crippen molar-refractivity contribution >= 4 is 34.8 Å². The lowest BCUT2D eigenvalue weighted by molar-refractivity contribution is 0.0743. The molecule has 0 aliphatic heterocycles. The van der Waals surface area contributed by atoms with Crippen LogP contribution in [0.2, 0.25) is 10.0 Å². The number of nitrogens with two attached hydrogens (primary N) is 1. The maximum Gasteiger partial charge on any atom is 0.255 e. The van der Waals surface area contributed by atoms with Crippen molar-refractivity contribution in [1.82, 2.24) is 4.90 Å². The Kier molecular flexibility index (Phi) is 4.76. The summed E-state index contributed by atoms with van der Waals surface area (Å²) in [6.45, 7) is 1.92. The molecule has 0 aromatic heterocycles. The number of hydrogen-bond donors (Lipinski definition) is 1. The molecule has 1 amide bonds. The van der Waals surface area contributed by atoms with Gasteiger partial charge in [0.2, 0.25) is 0 Å². The molecule has 0 heterocycles. The minimum atomic E-state index is -0.195. The van der Waals surface area contributed by atoms with E-state index in [0.29, 0.717) is 21.3 Å². The Morgan fingerprint density at radius 2 is 1.81 bits per heavy atom. The molecule has 0 aliphatic rings. The zero-order valence-electron chi connectivity index (χ0n) is 11.8. The monoisotopic (exact) mass is 322 g/mol. The summed E-state index contributed by atoms with van der Waals surface area (Å²) in [6.07, 6.45) is 0. The van der Waals surface area contributed by atoms with Crippen LogP contribution < -0.4 is 5.73 Å². The van der Waals surface area contributed by atoms with Gasteiger partial charge in [-0.2, -0.15) is 0 Å². The van der Waals surface area contributed by atoms with Gasteiger partial charge in [0, 0.05) is 17.8 Å². The van der Waals surface area contributed by atoms with E-state index >= 15 is 0 Å². The number of carbonyl (C=O) groups excluding carboxylic acids is 1. The van der Waals surface area contributed by atoms with Crippen LogP contribution in [0.5, 0.6) is 0 Å². The molecule has 1 unspecified atom stereocenters. The van der Waals surface area contributed by atoms with Crippen molar-refractivity contribution in [3.05, 3.63) is 63.6 Å². The van der Waals surface area contributed by atoms with E-state index in [1.165, 1.54) is 0 Å². The largest absolute Gasteiger partial charge is 0.399 e. The second kappa shape index (κ2) is 6.37. The molecule has 0 radical (unpaired) electrons. The standard InChI is InChI=1S/C16H16Cl2N2O/c1-10(12-5-3-4-6-14(12)17)20(2)16(21)13-9-11(19)7-8-15(13)18/h3-10H,19H2,1-2H3. The molecule has 0 spiro atoms. The van der Waals surface area contributed by atoms with Gasteiger partial charge in [-0.15, -0.1) is 0 Å². The van der Waals surface area contributed by atoms with Gasteiger partial charge in [0.1, 0.15) is 0 Å². The molecule has 2 N–H and O–H groups in total. The predicted molar refractivity (Wildman–Crippen MR) is 87.8 cm³/mol. The summed E-state index contributed by atoms with van der Waals surface area (Å²) in [7, 11) is 1.72. The molecule has 2 rings (SSSR count). The van der Waals surface area contributed by atoms with E-state index in [1.54, 1.807) is 36.2 Å². The van der Waals surface area contributed by atoms with Crippen molar-refractivity contribution in [3.63, 3.8) is 0 Å². The van der Waals surface area contributed by atoms with Gasteiger partial charge in [-0.3, -0.25) is 4.79 Å². The molecule has 0 saturated heterocycles. The number of benzene rings is 2. The van der Waals surface area contributed by atoms with E-state index in [4.69, 9.17) is 28.9 Å². The van der Waals surface area contributed by atoms with Crippen LogP contribution in [0.3, 0.4) is 0 Å². The number of nitrogens with zero attached hydrogens (tertiary/aromatic N) is 1. The first kappa shape index (κ1) is 15.7. The lowest BCUT2D eigenvalue weighted by Gasteiger charge is -2.26. The van der Waals surface area contributed by atoms with Crippen LogP contribution in [0, 0.1) is 0 Å². The maximum atomic E-state index is 12.6. The summed E-state index contributed by atoms with van der Waals surface area (Å²) in [4.78, 5) is 14.2. The van der Waals surface area contributed by atoms with Gasteiger partial charge >= 0.3 is 0 Å². The highest BCUT2D eigenvalue weighted by Gasteiger charge is 2.22. The first-order valence-electron chi connectivity index (χ1n) is 6.48. The zero-order chi connectivity index (χ0) is 15.6. The first-order valence-corrected chi connectivity index (χ1v) is 7.24. The maximum absolute atomic E-state index is 12.6. The number of rotatable bonds is 3. The highest BCUT2D eigenvalue weighted by atomic mass is 35.5. The van der Waals surface area contributed by atoms with Gasteiger partial charge < -0.3 is 10.6 Å². The topological polar surface area (TPSA) is 46.3 Å². The number of halogens is 2. The van der Waals surface area contributed by atoms with E-state index in [2.05, 4.69) is 0 Å². The van der Waals surface area contributed by atoms with E-state index in [9.17, 15) is 4.79 Å². The zero-order valence-corrected chi connectivity index (χ0v) is 13.3. The van der Waals surface area contributed by atoms with Crippen molar-refractivity contribution in [2.75, 3.05) is 12.8 Å². The van der Waals surface area contributed by atoms with Crippen molar-refractivity contribution in [2.24, 2.45) is 0 Å². The molecule has 0 bridgehead atoms. The highest BCUT2D eigenvalue weighted by molar-refractivity contribution is 6.34. The normalized spacial score (nSPS) is 12.0. The Hall–Kier alpha value is -1.71. The van der Waals surface area contributed by atoms with Crippen LogP contribution in [0.15, 0.2) is 42.5 Å². The Morgan fingerprint density at radius 1 is 1.14 bits per heavy atom. The van der Waals surface area contributed by atoms with Crippen LogP contribution in [0.4, 0.5) is 5.69 Å². The second-order valence-electron chi connectivity index (χ2n) is 4.85. The van der Waals surface area contributed by atoms with Gasteiger partial charge in [0.05, 0.1) is 16.6 Å². The molecule has 2 aromatic rings. The summed E-state index contributed by atoms with van der Waals surface area (Å²) in [5.74, 6) is -0.195. The second-order valence-corrected chi connectivity index (χ2v) is 5.67. The molecule has 0 saturated carbocycles. The van der Waals surface area contributed by atoms with Gasteiger partial charge in [0.15, 0.2) is 0 Å². The van der Waals surface area contributed by atoms with E-state index in [1.807, 2.05) is 25.1 Å². The van der Waals surface area contributed by atoms with Crippen LogP contribution in [-0.4, -0.2) is 17.9 Å². The number of carbonyl (C=O) groups is 1. The van der Waals surface area contributed by atoms with E-state index < -0.39 is 0 Å². The molecule has 2 aromatic carbocycles. The van der Waals surface area contributed by atoms with Crippen molar-refractivity contribution in [2.45, 2.75) is 13.0 Å². The molecule has 110 valence electrons. The summed E-state index contributed by atoms with van der Waals surface area (Å²) in [5.41, 5.74) is 7.50. The van der Waals surface area contributed by atoms with E-state index in [-0.39, 0.29) is 11.9 Å². The average Bonchev–Trinajstić information content (AvgIpc) is 2.48. The summed E-state index contributed by atoms with van der Waals surface area (Å²) in [5, 5.41) is 1.01. The van der Waals surface area contributed by atoms with Gasteiger partial charge in [-0.1, -0.05) is 41.4 Å². The number of amides is 1. The Balaban J connectivity index is 2.31. The van der Waals surface area contributed by atoms with Crippen LogP contribution in [0.25, 0.3) is 0 Å². The first-order chi connectivity index (χ1) is 9.91. The third kappa shape index (κ3) is 3.31. The third-order valence-electron chi connectivity index (χ3n) is 3.48. The Morgan fingerprint density at radius 3 is 2.48 bits per heavy atom. The van der Waals surface area contributed by atoms with Crippen molar-refractivity contribution in [1.29, 1.82) is 0 Å². The molecular weight excluding hydrogens is 307 g/mol. The summed E-state index contributed by atoms with van der Waals surface area (Å²) in [6, 6.07) is 12.1. The molecule has 5 heteroatoms. The predicted octanol–water partition coefficient (Wildman–Crippen LogP) is 4.41. The van der Waals surface area contributed by atoms with Crippen LogP contribution in [-0.2, 0) is 0 Å². The SMILES string of the molecule is CC(c1ccccc1Cl)N(C)C(=O)c1cc(N)ccc1Cl. The summed E-state index contributed by atoms with van der Waals surface area (Å²) < 4.78 is 0. The Labute approximate surface area is 134 Å². The fourth-order valence-corrected chi connectivity index (χ4v) is 2.59. The van der Waals surface area contributed by atoms with Gasteiger partial charge in [-0.25, -0.2) is 0 Å². The fraction of sp³-hybridized carbons (Fsp3) is 0.188. The number of anilines is 1. The lowest BCUT2D eigenvalue weighted by atomic mass is 10.1. The number of hydrogen-bond acceptors (Lipinski definition) is 2.